The van der Waals surface area contributed by atoms with Gasteiger partial charge >= 0.3 is 6.18 Å². The number of ether oxygens (including phenoxy) is 1. The second-order valence-electron chi connectivity index (χ2n) is 4.47. The van der Waals surface area contributed by atoms with E-state index in [1.807, 2.05) is 6.92 Å². The van der Waals surface area contributed by atoms with Crippen LogP contribution in [0.15, 0.2) is 24.3 Å². The van der Waals surface area contributed by atoms with Crippen LogP contribution >= 0.6 is 0 Å². The summed E-state index contributed by atoms with van der Waals surface area (Å²) >= 11 is 0. The van der Waals surface area contributed by atoms with Crippen molar-refractivity contribution in [2.24, 2.45) is 0 Å². The maximum atomic E-state index is 12.6. The van der Waals surface area contributed by atoms with Crippen LogP contribution in [0.2, 0.25) is 0 Å². The zero-order chi connectivity index (χ0) is 12.7. The standard InChI is InChI=1S/C12H14F3NO/c1-8-7-17-11(2,16-8)9-4-3-5-10(6-9)12(13,14)15/h3-6,8,16H,7H2,1-2H3. The Morgan fingerprint density at radius 1 is 1.41 bits per heavy atom. The normalized spacial score (nSPS) is 29.6. The second-order valence-corrected chi connectivity index (χ2v) is 4.47. The van der Waals surface area contributed by atoms with Crippen molar-refractivity contribution in [2.45, 2.75) is 31.8 Å². The van der Waals surface area contributed by atoms with Crippen LogP contribution in [0.1, 0.15) is 25.0 Å². The SMILES string of the molecule is CC1COC(C)(c2cccc(C(F)(F)F)c2)N1. The van der Waals surface area contributed by atoms with Gasteiger partial charge in [-0.05, 0) is 31.5 Å². The summed E-state index contributed by atoms with van der Waals surface area (Å²) in [6.07, 6.45) is -4.32. The van der Waals surface area contributed by atoms with Gasteiger partial charge in [0.25, 0.3) is 0 Å². The highest BCUT2D eigenvalue weighted by atomic mass is 19.4. The molecule has 1 fully saturated rings. The molecule has 1 heterocycles. The van der Waals surface area contributed by atoms with Crippen molar-refractivity contribution in [1.82, 2.24) is 5.32 Å². The zero-order valence-corrected chi connectivity index (χ0v) is 9.64. The molecule has 94 valence electrons. The molecule has 5 heteroatoms. The van der Waals surface area contributed by atoms with Crippen molar-refractivity contribution in [2.75, 3.05) is 6.61 Å². The molecule has 0 bridgehead atoms. The maximum absolute atomic E-state index is 12.6. The lowest BCUT2D eigenvalue weighted by Crippen LogP contribution is -2.37. The predicted octanol–water partition coefficient (Wildman–Crippen LogP) is 2.89. The van der Waals surface area contributed by atoms with Gasteiger partial charge in [0.05, 0.1) is 12.2 Å². The Labute approximate surface area is 97.8 Å². The molecule has 1 aliphatic heterocycles. The van der Waals surface area contributed by atoms with Gasteiger partial charge in [0, 0.05) is 6.04 Å². The molecule has 0 aromatic heterocycles. The highest BCUT2D eigenvalue weighted by Crippen LogP contribution is 2.34. The van der Waals surface area contributed by atoms with Crippen LogP contribution in [0.5, 0.6) is 0 Å². The molecule has 2 unspecified atom stereocenters. The van der Waals surface area contributed by atoms with E-state index in [0.717, 1.165) is 12.1 Å². The van der Waals surface area contributed by atoms with E-state index in [1.165, 1.54) is 6.07 Å². The van der Waals surface area contributed by atoms with Crippen LogP contribution in [-0.2, 0) is 16.6 Å². The monoisotopic (exact) mass is 245 g/mol. The van der Waals surface area contributed by atoms with Crippen molar-refractivity contribution in [3.8, 4) is 0 Å². The summed E-state index contributed by atoms with van der Waals surface area (Å²) in [5, 5.41) is 3.14. The Kier molecular flexibility index (Phi) is 2.91. The van der Waals surface area contributed by atoms with Gasteiger partial charge in [-0.3, -0.25) is 5.32 Å². The number of hydrogen-bond acceptors (Lipinski definition) is 2. The topological polar surface area (TPSA) is 21.3 Å². The number of nitrogens with one attached hydrogen (secondary N) is 1. The van der Waals surface area contributed by atoms with Gasteiger partial charge in [0.15, 0.2) is 0 Å². The molecule has 1 saturated heterocycles. The first-order valence-electron chi connectivity index (χ1n) is 5.41. The van der Waals surface area contributed by atoms with Crippen LogP contribution in [-0.4, -0.2) is 12.6 Å². The van der Waals surface area contributed by atoms with Crippen molar-refractivity contribution in [3.63, 3.8) is 0 Å². The lowest BCUT2D eigenvalue weighted by molar-refractivity contribution is -0.137. The first kappa shape index (κ1) is 12.4. The van der Waals surface area contributed by atoms with Crippen LogP contribution < -0.4 is 5.32 Å². The van der Waals surface area contributed by atoms with E-state index in [1.54, 1.807) is 13.0 Å². The third-order valence-electron chi connectivity index (χ3n) is 2.88. The highest BCUT2D eigenvalue weighted by molar-refractivity contribution is 5.30. The van der Waals surface area contributed by atoms with E-state index in [2.05, 4.69) is 5.32 Å². The maximum Gasteiger partial charge on any atom is 0.416 e. The van der Waals surface area contributed by atoms with E-state index >= 15 is 0 Å². The van der Waals surface area contributed by atoms with E-state index in [0.29, 0.717) is 12.2 Å². The van der Waals surface area contributed by atoms with Crippen molar-refractivity contribution < 1.29 is 17.9 Å². The van der Waals surface area contributed by atoms with E-state index in [-0.39, 0.29) is 6.04 Å². The number of hydrogen-bond donors (Lipinski definition) is 1. The Morgan fingerprint density at radius 3 is 2.65 bits per heavy atom. The summed E-state index contributed by atoms with van der Waals surface area (Å²) in [7, 11) is 0. The molecule has 0 spiro atoms. The van der Waals surface area contributed by atoms with E-state index in [9.17, 15) is 13.2 Å². The molecule has 0 radical (unpaired) electrons. The smallest absolute Gasteiger partial charge is 0.355 e. The van der Waals surface area contributed by atoms with Gasteiger partial charge < -0.3 is 4.74 Å². The molecule has 2 atom stereocenters. The van der Waals surface area contributed by atoms with Gasteiger partial charge in [0.2, 0.25) is 0 Å². The van der Waals surface area contributed by atoms with Gasteiger partial charge in [-0.15, -0.1) is 0 Å². The number of rotatable bonds is 1. The third kappa shape index (κ3) is 2.45. The molecule has 17 heavy (non-hydrogen) atoms. The Balaban J connectivity index is 2.34. The summed E-state index contributed by atoms with van der Waals surface area (Å²) in [5.41, 5.74) is -0.987. The first-order chi connectivity index (χ1) is 7.81. The Bertz CT molecular complexity index is 418. The Morgan fingerprint density at radius 2 is 2.12 bits per heavy atom. The minimum Gasteiger partial charge on any atom is -0.355 e. The zero-order valence-electron chi connectivity index (χ0n) is 9.64. The molecule has 0 aliphatic carbocycles. The first-order valence-corrected chi connectivity index (χ1v) is 5.41. The number of halogens is 3. The largest absolute Gasteiger partial charge is 0.416 e. The van der Waals surface area contributed by atoms with Crippen molar-refractivity contribution in [3.05, 3.63) is 35.4 Å². The van der Waals surface area contributed by atoms with Crippen LogP contribution in [0, 0.1) is 0 Å². The summed E-state index contributed by atoms with van der Waals surface area (Å²) in [4.78, 5) is 0. The predicted molar refractivity (Wildman–Crippen MR) is 57.3 cm³/mol. The number of alkyl halides is 3. The van der Waals surface area contributed by atoms with Crippen LogP contribution in [0.25, 0.3) is 0 Å². The molecule has 2 nitrogen and oxygen atoms in total. The molecule has 1 aromatic carbocycles. The fourth-order valence-corrected chi connectivity index (χ4v) is 2.00. The van der Waals surface area contributed by atoms with Crippen LogP contribution in [0.3, 0.4) is 0 Å². The summed E-state index contributed by atoms with van der Waals surface area (Å²) < 4.78 is 43.3. The fourth-order valence-electron chi connectivity index (χ4n) is 2.00. The molecular weight excluding hydrogens is 231 g/mol. The van der Waals surface area contributed by atoms with Crippen molar-refractivity contribution >= 4 is 0 Å². The average Bonchev–Trinajstić information content (AvgIpc) is 2.59. The molecule has 2 rings (SSSR count). The minimum atomic E-state index is -4.32. The third-order valence-corrected chi connectivity index (χ3v) is 2.88. The lowest BCUT2D eigenvalue weighted by Gasteiger charge is -2.25. The number of benzene rings is 1. The second kappa shape index (κ2) is 3.99. The van der Waals surface area contributed by atoms with Gasteiger partial charge in [-0.1, -0.05) is 12.1 Å². The van der Waals surface area contributed by atoms with Gasteiger partial charge in [0.1, 0.15) is 5.72 Å². The molecule has 0 saturated carbocycles. The van der Waals surface area contributed by atoms with Crippen LogP contribution in [0.4, 0.5) is 13.2 Å². The molecule has 0 amide bonds. The molecule has 1 N–H and O–H groups in total. The fraction of sp³-hybridized carbons (Fsp3) is 0.500. The minimum absolute atomic E-state index is 0.134. The summed E-state index contributed by atoms with van der Waals surface area (Å²) in [6.45, 7) is 4.16. The van der Waals surface area contributed by atoms with Gasteiger partial charge in [-0.25, -0.2) is 0 Å². The molecule has 1 aromatic rings. The molecular formula is C12H14F3NO. The Hall–Kier alpha value is -1.07. The summed E-state index contributed by atoms with van der Waals surface area (Å²) in [6, 6.07) is 5.36. The quantitative estimate of drug-likeness (QED) is 0.821. The van der Waals surface area contributed by atoms with Crippen molar-refractivity contribution in [1.29, 1.82) is 0 Å². The molecule has 1 aliphatic rings. The van der Waals surface area contributed by atoms with E-state index < -0.39 is 17.5 Å². The lowest BCUT2D eigenvalue weighted by atomic mass is 10.0. The van der Waals surface area contributed by atoms with Gasteiger partial charge in [-0.2, -0.15) is 13.2 Å². The highest BCUT2D eigenvalue weighted by Gasteiger charge is 2.37. The average molecular weight is 245 g/mol. The summed E-state index contributed by atoms with van der Waals surface area (Å²) in [5.74, 6) is 0. The van der Waals surface area contributed by atoms with E-state index in [4.69, 9.17) is 4.74 Å².